The summed E-state index contributed by atoms with van der Waals surface area (Å²) in [4.78, 5) is 11.5. The van der Waals surface area contributed by atoms with Crippen molar-refractivity contribution >= 4 is 11.7 Å². The zero-order valence-corrected chi connectivity index (χ0v) is 8.63. The van der Waals surface area contributed by atoms with E-state index in [1.807, 2.05) is 0 Å². The zero-order valence-electron chi connectivity index (χ0n) is 8.63. The molecule has 1 N–H and O–H groups in total. The van der Waals surface area contributed by atoms with E-state index in [9.17, 15) is 9.18 Å². The van der Waals surface area contributed by atoms with Crippen LogP contribution in [0.15, 0.2) is 18.2 Å². The molecule has 1 aliphatic heterocycles. The number of methoxy groups -OCH3 is 1. The van der Waals surface area contributed by atoms with E-state index in [2.05, 4.69) is 5.32 Å². The van der Waals surface area contributed by atoms with Crippen LogP contribution in [0, 0.1) is 5.82 Å². The first-order chi connectivity index (χ1) is 7.05. The molecule has 0 amide bonds. The van der Waals surface area contributed by atoms with E-state index < -0.39 is 5.54 Å². The summed E-state index contributed by atoms with van der Waals surface area (Å²) in [5, 5.41) is 2.99. The molecular weight excluding hydrogens is 197 g/mol. The van der Waals surface area contributed by atoms with Gasteiger partial charge in [0.15, 0.2) is 0 Å². The third kappa shape index (κ3) is 1.56. The molecule has 0 bridgehead atoms. The lowest BCUT2D eigenvalue weighted by Crippen LogP contribution is -2.42. The van der Waals surface area contributed by atoms with Crippen LogP contribution in [-0.4, -0.2) is 18.6 Å². The summed E-state index contributed by atoms with van der Waals surface area (Å²) in [5.74, 6) is -0.644. The number of anilines is 1. The number of carbonyl (C=O) groups is 1. The Balaban J connectivity index is 2.32. The molecule has 4 heteroatoms. The van der Waals surface area contributed by atoms with E-state index in [0.717, 1.165) is 5.56 Å². The zero-order chi connectivity index (χ0) is 11.1. The Morgan fingerprint density at radius 2 is 2.33 bits per heavy atom. The number of benzene rings is 1. The third-order valence-electron chi connectivity index (χ3n) is 2.66. The fraction of sp³-hybridized carbons (Fsp3) is 0.364. The van der Waals surface area contributed by atoms with E-state index in [1.54, 1.807) is 13.0 Å². The first-order valence-corrected chi connectivity index (χ1v) is 4.70. The van der Waals surface area contributed by atoms with Gasteiger partial charge < -0.3 is 10.1 Å². The fourth-order valence-corrected chi connectivity index (χ4v) is 1.89. The van der Waals surface area contributed by atoms with E-state index in [4.69, 9.17) is 4.74 Å². The lowest BCUT2D eigenvalue weighted by molar-refractivity contribution is -0.145. The van der Waals surface area contributed by atoms with E-state index in [0.29, 0.717) is 12.1 Å². The summed E-state index contributed by atoms with van der Waals surface area (Å²) in [5.41, 5.74) is 0.831. The molecule has 1 heterocycles. The number of hydrogen-bond acceptors (Lipinski definition) is 3. The average molecular weight is 209 g/mol. The van der Waals surface area contributed by atoms with Crippen LogP contribution >= 0.6 is 0 Å². The highest BCUT2D eigenvalue weighted by Crippen LogP contribution is 2.33. The molecule has 1 unspecified atom stereocenters. The van der Waals surface area contributed by atoms with E-state index in [1.165, 1.54) is 19.2 Å². The van der Waals surface area contributed by atoms with Gasteiger partial charge in [-0.05, 0) is 24.6 Å². The molecule has 1 aromatic rings. The Bertz CT molecular complexity index is 419. The molecule has 2 rings (SSSR count). The first kappa shape index (κ1) is 9.96. The van der Waals surface area contributed by atoms with E-state index >= 15 is 0 Å². The minimum atomic E-state index is -0.773. The SMILES string of the molecule is COC(=O)C1(C)Cc2ccc(F)cc2N1. The Morgan fingerprint density at radius 3 is 3.00 bits per heavy atom. The summed E-state index contributed by atoms with van der Waals surface area (Å²) in [6, 6.07) is 4.47. The van der Waals surface area contributed by atoms with Crippen molar-refractivity contribution in [1.82, 2.24) is 0 Å². The number of halogens is 1. The number of rotatable bonds is 1. The molecule has 0 aliphatic carbocycles. The standard InChI is InChI=1S/C11H12FNO2/c1-11(10(14)15-2)6-7-3-4-8(12)5-9(7)13-11/h3-5,13H,6H2,1-2H3. The molecule has 0 radical (unpaired) electrons. The van der Waals surface area contributed by atoms with Crippen molar-refractivity contribution in [1.29, 1.82) is 0 Å². The number of esters is 1. The van der Waals surface area contributed by atoms with Crippen molar-refractivity contribution < 1.29 is 13.9 Å². The van der Waals surface area contributed by atoms with Crippen LogP contribution in [-0.2, 0) is 16.0 Å². The van der Waals surface area contributed by atoms with Crippen LogP contribution in [0.5, 0.6) is 0 Å². The van der Waals surface area contributed by atoms with Gasteiger partial charge >= 0.3 is 5.97 Å². The van der Waals surface area contributed by atoms with Gasteiger partial charge in [-0.1, -0.05) is 6.07 Å². The van der Waals surface area contributed by atoms with E-state index in [-0.39, 0.29) is 11.8 Å². The Kier molecular flexibility index (Phi) is 2.14. The lowest BCUT2D eigenvalue weighted by Gasteiger charge is -2.21. The van der Waals surface area contributed by atoms with Crippen molar-refractivity contribution in [3.63, 3.8) is 0 Å². The molecule has 15 heavy (non-hydrogen) atoms. The maximum atomic E-state index is 12.9. The van der Waals surface area contributed by atoms with Crippen molar-refractivity contribution in [3.8, 4) is 0 Å². The number of carbonyl (C=O) groups excluding carboxylic acids is 1. The topological polar surface area (TPSA) is 38.3 Å². The van der Waals surface area contributed by atoms with Gasteiger partial charge in [0.1, 0.15) is 11.4 Å². The van der Waals surface area contributed by atoms with Crippen molar-refractivity contribution in [2.45, 2.75) is 18.9 Å². The normalized spacial score (nSPS) is 23.1. The highest BCUT2D eigenvalue weighted by Gasteiger charge is 2.40. The highest BCUT2D eigenvalue weighted by atomic mass is 19.1. The van der Waals surface area contributed by atoms with Crippen LogP contribution in [0.25, 0.3) is 0 Å². The summed E-state index contributed by atoms with van der Waals surface area (Å²) in [6.07, 6.45) is 0.523. The van der Waals surface area contributed by atoms with Gasteiger partial charge in [0, 0.05) is 12.1 Å². The molecule has 0 aromatic heterocycles. The Morgan fingerprint density at radius 1 is 1.60 bits per heavy atom. The van der Waals surface area contributed by atoms with Crippen molar-refractivity contribution in [3.05, 3.63) is 29.6 Å². The smallest absolute Gasteiger partial charge is 0.331 e. The van der Waals surface area contributed by atoms with Gasteiger partial charge in [0.2, 0.25) is 0 Å². The van der Waals surface area contributed by atoms with Gasteiger partial charge in [0.25, 0.3) is 0 Å². The predicted octanol–water partition coefficient (Wildman–Crippen LogP) is 1.73. The maximum absolute atomic E-state index is 12.9. The fourth-order valence-electron chi connectivity index (χ4n) is 1.89. The third-order valence-corrected chi connectivity index (χ3v) is 2.66. The monoisotopic (exact) mass is 209 g/mol. The summed E-state index contributed by atoms with van der Waals surface area (Å²) in [6.45, 7) is 1.75. The number of fused-ring (bicyclic) bond motifs is 1. The summed E-state index contributed by atoms with van der Waals surface area (Å²) >= 11 is 0. The van der Waals surface area contributed by atoms with Gasteiger partial charge in [-0.3, -0.25) is 0 Å². The van der Waals surface area contributed by atoms with Gasteiger partial charge in [-0.15, -0.1) is 0 Å². The molecule has 1 aromatic carbocycles. The molecule has 0 saturated heterocycles. The second-order valence-electron chi connectivity index (χ2n) is 3.93. The Hall–Kier alpha value is -1.58. The van der Waals surface area contributed by atoms with Crippen LogP contribution in [0.3, 0.4) is 0 Å². The Labute approximate surface area is 87.2 Å². The van der Waals surface area contributed by atoms with Crippen molar-refractivity contribution in [2.75, 3.05) is 12.4 Å². The minimum Gasteiger partial charge on any atom is -0.467 e. The molecule has 1 aliphatic rings. The average Bonchev–Trinajstić information content (AvgIpc) is 2.53. The number of nitrogens with one attached hydrogen (secondary N) is 1. The van der Waals surface area contributed by atoms with Crippen LogP contribution in [0.4, 0.5) is 10.1 Å². The number of ether oxygens (including phenoxy) is 1. The molecule has 3 nitrogen and oxygen atoms in total. The molecular formula is C11H12FNO2. The minimum absolute atomic E-state index is 0.310. The van der Waals surface area contributed by atoms with Gasteiger partial charge in [0.05, 0.1) is 7.11 Å². The summed E-state index contributed by atoms with van der Waals surface area (Å²) < 4.78 is 17.6. The van der Waals surface area contributed by atoms with Crippen molar-refractivity contribution in [2.24, 2.45) is 0 Å². The summed E-state index contributed by atoms with van der Waals surface area (Å²) in [7, 11) is 1.35. The van der Waals surface area contributed by atoms with Crippen LogP contribution < -0.4 is 5.32 Å². The molecule has 80 valence electrons. The number of hydrogen-bond donors (Lipinski definition) is 1. The first-order valence-electron chi connectivity index (χ1n) is 4.70. The van der Waals surface area contributed by atoms with Gasteiger partial charge in [-0.2, -0.15) is 0 Å². The molecule has 0 spiro atoms. The van der Waals surface area contributed by atoms with Crippen LogP contribution in [0.2, 0.25) is 0 Å². The second-order valence-corrected chi connectivity index (χ2v) is 3.93. The van der Waals surface area contributed by atoms with Gasteiger partial charge in [-0.25, -0.2) is 9.18 Å². The maximum Gasteiger partial charge on any atom is 0.331 e. The molecule has 0 fully saturated rings. The highest BCUT2D eigenvalue weighted by molar-refractivity contribution is 5.87. The molecule has 1 atom stereocenters. The quantitative estimate of drug-likeness (QED) is 0.716. The predicted molar refractivity (Wildman–Crippen MR) is 54.1 cm³/mol. The molecule has 0 saturated carbocycles. The largest absolute Gasteiger partial charge is 0.467 e. The second kappa shape index (κ2) is 3.22. The lowest BCUT2D eigenvalue weighted by atomic mass is 9.98. The van der Waals surface area contributed by atoms with Crippen LogP contribution in [0.1, 0.15) is 12.5 Å².